The predicted molar refractivity (Wildman–Crippen MR) is 82.8 cm³/mol. The molecule has 0 fully saturated rings. The van der Waals surface area contributed by atoms with Gasteiger partial charge >= 0.3 is 0 Å². The van der Waals surface area contributed by atoms with E-state index >= 15 is 0 Å². The van der Waals surface area contributed by atoms with Crippen molar-refractivity contribution in [3.05, 3.63) is 71.8 Å². The van der Waals surface area contributed by atoms with E-state index < -0.39 is 0 Å². The van der Waals surface area contributed by atoms with Gasteiger partial charge in [-0.2, -0.15) is 0 Å². The largest absolute Gasteiger partial charge is 0.309 e. The maximum atomic E-state index is 4.65. The molecule has 2 aromatic rings. The minimum atomic E-state index is 0.270. The lowest BCUT2D eigenvalue weighted by Crippen LogP contribution is -2.46. The third-order valence-electron chi connectivity index (χ3n) is 3.55. The van der Waals surface area contributed by atoms with E-state index in [1.807, 2.05) is 0 Å². The van der Waals surface area contributed by atoms with Crippen LogP contribution in [0, 0.1) is 0 Å². The van der Waals surface area contributed by atoms with Crippen molar-refractivity contribution in [1.29, 1.82) is 0 Å². The van der Waals surface area contributed by atoms with Crippen LogP contribution in [0.1, 0.15) is 17.0 Å². The van der Waals surface area contributed by atoms with E-state index in [0.29, 0.717) is 0 Å². The van der Waals surface area contributed by atoms with Gasteiger partial charge in [0.1, 0.15) is 5.84 Å². The Morgan fingerprint density at radius 2 is 1.65 bits per heavy atom. The number of nitrogens with zero attached hydrogens (tertiary/aromatic N) is 1. The summed E-state index contributed by atoms with van der Waals surface area (Å²) >= 11 is 0. The molecule has 0 aromatic heterocycles. The quantitative estimate of drug-likeness (QED) is 0.891. The van der Waals surface area contributed by atoms with Crippen molar-refractivity contribution in [1.82, 2.24) is 10.9 Å². The summed E-state index contributed by atoms with van der Waals surface area (Å²) in [7, 11) is 0. The zero-order chi connectivity index (χ0) is 13.6. The first-order valence-corrected chi connectivity index (χ1v) is 7.05. The molecular weight excluding hydrogens is 246 g/mol. The normalized spacial score (nSPS) is 16.1. The van der Waals surface area contributed by atoms with Gasteiger partial charge in [-0.25, -0.2) is 5.43 Å². The molecule has 3 rings (SSSR count). The fraction of sp³-hybridized carbons (Fsp3) is 0.235. The van der Waals surface area contributed by atoms with Gasteiger partial charge in [0.05, 0.1) is 6.54 Å². The molecule has 1 aliphatic heterocycles. The molecule has 3 heteroatoms. The minimum Gasteiger partial charge on any atom is -0.309 e. The van der Waals surface area contributed by atoms with E-state index in [-0.39, 0.29) is 5.92 Å². The molecule has 0 bridgehead atoms. The third kappa shape index (κ3) is 3.06. The van der Waals surface area contributed by atoms with Crippen molar-refractivity contribution < 1.29 is 0 Å². The molecule has 0 spiro atoms. The van der Waals surface area contributed by atoms with Crippen molar-refractivity contribution in [3.8, 4) is 0 Å². The van der Waals surface area contributed by atoms with Crippen LogP contribution in [-0.2, 0) is 6.42 Å². The van der Waals surface area contributed by atoms with E-state index in [1.165, 1.54) is 11.1 Å². The highest BCUT2D eigenvalue weighted by Crippen LogP contribution is 2.22. The van der Waals surface area contributed by atoms with Crippen molar-refractivity contribution in [2.24, 2.45) is 4.99 Å². The number of hydrogen-bond acceptors (Lipinski definition) is 3. The lowest BCUT2D eigenvalue weighted by atomic mass is 9.91. The Labute approximate surface area is 119 Å². The van der Waals surface area contributed by atoms with Crippen LogP contribution in [0.15, 0.2) is 65.7 Å². The topological polar surface area (TPSA) is 36.4 Å². The summed E-state index contributed by atoms with van der Waals surface area (Å²) < 4.78 is 0. The number of amidine groups is 1. The van der Waals surface area contributed by atoms with Gasteiger partial charge in [-0.1, -0.05) is 60.7 Å². The van der Waals surface area contributed by atoms with E-state index in [4.69, 9.17) is 0 Å². The van der Waals surface area contributed by atoms with Gasteiger partial charge in [0.2, 0.25) is 0 Å². The molecule has 2 aromatic carbocycles. The second kappa shape index (κ2) is 6.35. The molecule has 2 N–H and O–H groups in total. The summed E-state index contributed by atoms with van der Waals surface area (Å²) in [5.41, 5.74) is 9.06. The Kier molecular flexibility index (Phi) is 4.09. The molecule has 0 saturated carbocycles. The Morgan fingerprint density at radius 3 is 2.30 bits per heavy atom. The van der Waals surface area contributed by atoms with Crippen LogP contribution in [0.4, 0.5) is 0 Å². The zero-order valence-corrected chi connectivity index (χ0v) is 11.4. The second-order valence-corrected chi connectivity index (χ2v) is 4.97. The monoisotopic (exact) mass is 265 g/mol. The van der Waals surface area contributed by atoms with Gasteiger partial charge < -0.3 is 5.43 Å². The van der Waals surface area contributed by atoms with Gasteiger partial charge in [0.25, 0.3) is 0 Å². The summed E-state index contributed by atoms with van der Waals surface area (Å²) in [5, 5.41) is 0. The molecular formula is C17H19N3. The molecule has 102 valence electrons. The summed E-state index contributed by atoms with van der Waals surface area (Å²) in [6.45, 7) is 1.72. The Bertz CT molecular complexity index is 563. The smallest absolute Gasteiger partial charge is 0.118 e. The standard InChI is InChI=1S/C17H19N3/c1-3-7-14(8-4-1)13-16(15-9-5-2-6-10-15)17-18-11-12-19-20-17/h1-10,16,19H,11-13H2,(H,18,20)/t16-/m1/s1. The Balaban J connectivity index is 1.89. The molecule has 1 atom stereocenters. The molecule has 20 heavy (non-hydrogen) atoms. The highest BCUT2D eigenvalue weighted by atomic mass is 15.4. The Morgan fingerprint density at radius 1 is 0.950 bits per heavy atom. The van der Waals surface area contributed by atoms with Crippen LogP contribution in [0.2, 0.25) is 0 Å². The molecule has 0 amide bonds. The zero-order valence-electron chi connectivity index (χ0n) is 11.4. The second-order valence-electron chi connectivity index (χ2n) is 4.97. The molecule has 1 aliphatic rings. The highest BCUT2D eigenvalue weighted by Gasteiger charge is 2.20. The van der Waals surface area contributed by atoms with Crippen molar-refractivity contribution >= 4 is 5.84 Å². The average molecular weight is 265 g/mol. The lowest BCUT2D eigenvalue weighted by molar-refractivity contribution is 0.601. The lowest BCUT2D eigenvalue weighted by Gasteiger charge is -2.24. The number of benzene rings is 2. The van der Waals surface area contributed by atoms with Crippen LogP contribution in [0.5, 0.6) is 0 Å². The predicted octanol–water partition coefficient (Wildman–Crippen LogP) is 2.52. The SMILES string of the molecule is c1ccc(C[C@@H](C2=NCCNN2)c2ccccc2)cc1. The van der Waals surface area contributed by atoms with Crippen LogP contribution in [0.25, 0.3) is 0 Å². The minimum absolute atomic E-state index is 0.270. The van der Waals surface area contributed by atoms with Crippen molar-refractivity contribution in [2.45, 2.75) is 12.3 Å². The van der Waals surface area contributed by atoms with E-state index in [0.717, 1.165) is 25.3 Å². The van der Waals surface area contributed by atoms with Crippen molar-refractivity contribution in [2.75, 3.05) is 13.1 Å². The van der Waals surface area contributed by atoms with Gasteiger partial charge in [0.15, 0.2) is 0 Å². The summed E-state index contributed by atoms with van der Waals surface area (Å²) in [5.74, 6) is 1.30. The molecule has 0 aliphatic carbocycles. The third-order valence-corrected chi connectivity index (χ3v) is 3.55. The van der Waals surface area contributed by atoms with Gasteiger partial charge in [-0.05, 0) is 17.5 Å². The molecule has 0 radical (unpaired) electrons. The summed E-state index contributed by atoms with van der Waals surface area (Å²) in [4.78, 5) is 4.65. The van der Waals surface area contributed by atoms with Gasteiger partial charge in [0, 0.05) is 12.5 Å². The van der Waals surface area contributed by atoms with Crippen LogP contribution in [-0.4, -0.2) is 18.9 Å². The van der Waals surface area contributed by atoms with Gasteiger partial charge in [-0.15, -0.1) is 0 Å². The number of aliphatic imine (C=N–C) groups is 1. The Hall–Kier alpha value is -2.13. The number of rotatable bonds is 4. The molecule has 1 heterocycles. The molecule has 3 nitrogen and oxygen atoms in total. The number of nitrogens with one attached hydrogen (secondary N) is 2. The fourth-order valence-corrected chi connectivity index (χ4v) is 2.53. The maximum Gasteiger partial charge on any atom is 0.118 e. The number of hydrogen-bond donors (Lipinski definition) is 2. The molecule has 0 saturated heterocycles. The first kappa shape index (κ1) is 12.9. The molecule has 0 unspecified atom stereocenters. The summed E-state index contributed by atoms with van der Waals surface area (Å²) in [6.07, 6.45) is 0.957. The fourth-order valence-electron chi connectivity index (χ4n) is 2.53. The van der Waals surface area contributed by atoms with Crippen LogP contribution >= 0.6 is 0 Å². The summed E-state index contributed by atoms with van der Waals surface area (Å²) in [6, 6.07) is 21.2. The van der Waals surface area contributed by atoms with E-state index in [2.05, 4.69) is 76.5 Å². The van der Waals surface area contributed by atoms with E-state index in [9.17, 15) is 0 Å². The highest BCUT2D eigenvalue weighted by molar-refractivity contribution is 5.89. The first-order chi connectivity index (χ1) is 9.93. The first-order valence-electron chi connectivity index (χ1n) is 7.05. The van der Waals surface area contributed by atoms with E-state index in [1.54, 1.807) is 0 Å². The van der Waals surface area contributed by atoms with Crippen LogP contribution < -0.4 is 10.9 Å². The maximum absolute atomic E-state index is 4.65. The average Bonchev–Trinajstić information content (AvgIpc) is 2.55. The van der Waals surface area contributed by atoms with Crippen LogP contribution in [0.3, 0.4) is 0 Å². The number of hydrazine groups is 1. The van der Waals surface area contributed by atoms with Gasteiger partial charge in [-0.3, -0.25) is 4.99 Å². The van der Waals surface area contributed by atoms with Crippen molar-refractivity contribution in [3.63, 3.8) is 0 Å².